The average molecular weight is 211 g/mol. The first-order chi connectivity index (χ1) is 6.60. The summed E-state index contributed by atoms with van der Waals surface area (Å²) in [7, 11) is 0. The highest BCUT2D eigenvalue weighted by atomic mass is 32.1. The Morgan fingerprint density at radius 1 is 1.64 bits per heavy atom. The maximum Gasteiger partial charge on any atom is 0.0621 e. The molecule has 2 N–H and O–H groups in total. The van der Waals surface area contributed by atoms with Crippen LogP contribution in [-0.2, 0) is 6.54 Å². The van der Waals surface area contributed by atoms with Crippen molar-refractivity contribution in [3.8, 4) is 0 Å². The summed E-state index contributed by atoms with van der Waals surface area (Å²) >= 11 is 1.78. The molecule has 1 aromatic heterocycles. The van der Waals surface area contributed by atoms with Crippen LogP contribution < -0.4 is 5.32 Å². The molecule has 2 unspecified atom stereocenters. The van der Waals surface area contributed by atoms with Crippen molar-refractivity contribution < 1.29 is 5.11 Å². The second-order valence-corrected chi connectivity index (χ2v) is 5.62. The highest BCUT2D eigenvalue weighted by Gasteiger charge is 2.46. The molecule has 0 bridgehead atoms. The summed E-state index contributed by atoms with van der Waals surface area (Å²) < 4.78 is 0. The Kier molecular flexibility index (Phi) is 2.64. The molecule has 0 spiro atoms. The molecule has 0 amide bonds. The van der Waals surface area contributed by atoms with Crippen molar-refractivity contribution in [1.82, 2.24) is 5.32 Å². The Morgan fingerprint density at radius 2 is 2.43 bits per heavy atom. The van der Waals surface area contributed by atoms with Crippen LogP contribution in [0.25, 0.3) is 0 Å². The number of nitrogens with one attached hydrogen (secondary N) is 1. The SMILES string of the molecule is CC1(C)C(O)CC1NCc1cccs1. The summed E-state index contributed by atoms with van der Waals surface area (Å²) in [5, 5.41) is 15.2. The quantitative estimate of drug-likeness (QED) is 0.801. The van der Waals surface area contributed by atoms with E-state index < -0.39 is 0 Å². The fourth-order valence-electron chi connectivity index (χ4n) is 1.89. The molecule has 78 valence electrons. The van der Waals surface area contributed by atoms with Crippen molar-refractivity contribution in [3.05, 3.63) is 22.4 Å². The molecule has 1 heterocycles. The largest absolute Gasteiger partial charge is 0.392 e. The van der Waals surface area contributed by atoms with Gasteiger partial charge in [-0.25, -0.2) is 0 Å². The fourth-order valence-corrected chi connectivity index (χ4v) is 2.54. The zero-order chi connectivity index (χ0) is 10.2. The second kappa shape index (κ2) is 3.65. The lowest BCUT2D eigenvalue weighted by Gasteiger charge is -2.49. The van der Waals surface area contributed by atoms with Crippen LogP contribution in [-0.4, -0.2) is 17.3 Å². The molecule has 0 saturated heterocycles. The molecule has 0 aromatic carbocycles. The smallest absolute Gasteiger partial charge is 0.0621 e. The summed E-state index contributed by atoms with van der Waals surface area (Å²) in [6.07, 6.45) is 0.751. The molecule has 14 heavy (non-hydrogen) atoms. The van der Waals surface area contributed by atoms with E-state index in [1.807, 2.05) is 0 Å². The minimum atomic E-state index is -0.136. The van der Waals surface area contributed by atoms with Crippen molar-refractivity contribution in [2.45, 2.75) is 39.0 Å². The lowest BCUT2D eigenvalue weighted by atomic mass is 9.64. The molecule has 1 aliphatic carbocycles. The van der Waals surface area contributed by atoms with Gasteiger partial charge in [0.15, 0.2) is 0 Å². The van der Waals surface area contributed by atoms with Gasteiger partial charge >= 0.3 is 0 Å². The Balaban J connectivity index is 1.83. The molecule has 3 heteroatoms. The van der Waals surface area contributed by atoms with Gasteiger partial charge < -0.3 is 10.4 Å². The number of aliphatic hydroxyl groups is 1. The first kappa shape index (κ1) is 10.1. The van der Waals surface area contributed by atoms with Crippen molar-refractivity contribution in [2.24, 2.45) is 5.41 Å². The lowest BCUT2D eigenvalue weighted by molar-refractivity contribution is -0.0729. The average Bonchev–Trinajstić information content (AvgIpc) is 2.64. The first-order valence-electron chi connectivity index (χ1n) is 5.04. The van der Waals surface area contributed by atoms with E-state index in [1.54, 1.807) is 11.3 Å². The van der Waals surface area contributed by atoms with E-state index in [2.05, 4.69) is 36.7 Å². The minimum absolute atomic E-state index is 0.0389. The van der Waals surface area contributed by atoms with Crippen LogP contribution in [0.4, 0.5) is 0 Å². The van der Waals surface area contributed by atoms with Crippen LogP contribution >= 0.6 is 11.3 Å². The van der Waals surface area contributed by atoms with Gasteiger partial charge in [-0.15, -0.1) is 11.3 Å². The van der Waals surface area contributed by atoms with Crippen molar-refractivity contribution in [2.75, 3.05) is 0 Å². The molecule has 0 radical (unpaired) electrons. The van der Waals surface area contributed by atoms with Crippen LogP contribution in [0.2, 0.25) is 0 Å². The first-order valence-corrected chi connectivity index (χ1v) is 5.92. The van der Waals surface area contributed by atoms with Gasteiger partial charge in [0, 0.05) is 22.9 Å². The molecule has 2 nitrogen and oxygen atoms in total. The number of aliphatic hydroxyl groups excluding tert-OH is 1. The van der Waals surface area contributed by atoms with Gasteiger partial charge in [0.25, 0.3) is 0 Å². The van der Waals surface area contributed by atoms with Crippen LogP contribution in [0.1, 0.15) is 25.1 Å². The molecule has 1 aromatic rings. The highest BCUT2D eigenvalue weighted by Crippen LogP contribution is 2.40. The minimum Gasteiger partial charge on any atom is -0.392 e. The standard InChI is InChI=1S/C11H17NOS/c1-11(2)9(6-10(11)13)12-7-8-4-3-5-14-8/h3-5,9-10,12-13H,6-7H2,1-2H3. The van der Waals surface area contributed by atoms with E-state index >= 15 is 0 Å². The third kappa shape index (κ3) is 1.72. The van der Waals surface area contributed by atoms with Gasteiger partial charge in [-0.05, 0) is 17.9 Å². The number of hydrogen-bond donors (Lipinski definition) is 2. The highest BCUT2D eigenvalue weighted by molar-refractivity contribution is 7.09. The van der Waals surface area contributed by atoms with Gasteiger partial charge in [0.1, 0.15) is 0 Å². The maximum absolute atomic E-state index is 9.57. The van der Waals surface area contributed by atoms with Crippen molar-refractivity contribution in [3.63, 3.8) is 0 Å². The Labute approximate surface area is 89.0 Å². The lowest BCUT2D eigenvalue weighted by Crippen LogP contribution is -2.59. The fraction of sp³-hybridized carbons (Fsp3) is 0.636. The van der Waals surface area contributed by atoms with Gasteiger partial charge in [-0.1, -0.05) is 19.9 Å². The van der Waals surface area contributed by atoms with E-state index in [0.717, 1.165) is 13.0 Å². The van der Waals surface area contributed by atoms with Gasteiger partial charge in [0.05, 0.1) is 6.10 Å². The molecular weight excluding hydrogens is 194 g/mol. The summed E-state index contributed by atoms with van der Waals surface area (Å²) in [4.78, 5) is 1.36. The van der Waals surface area contributed by atoms with E-state index in [-0.39, 0.29) is 11.5 Å². The monoisotopic (exact) mass is 211 g/mol. The maximum atomic E-state index is 9.57. The van der Waals surface area contributed by atoms with Crippen molar-refractivity contribution >= 4 is 11.3 Å². The molecule has 2 atom stereocenters. The van der Waals surface area contributed by atoms with Gasteiger partial charge in [-0.2, -0.15) is 0 Å². The van der Waals surface area contributed by atoms with Crippen molar-refractivity contribution in [1.29, 1.82) is 0 Å². The number of rotatable bonds is 3. The molecule has 1 fully saturated rings. The van der Waals surface area contributed by atoms with Gasteiger partial charge in [-0.3, -0.25) is 0 Å². The third-order valence-electron chi connectivity index (χ3n) is 3.32. The summed E-state index contributed by atoms with van der Waals surface area (Å²) in [6.45, 7) is 5.17. The summed E-state index contributed by atoms with van der Waals surface area (Å²) in [5.41, 5.74) is 0.0389. The van der Waals surface area contributed by atoms with Crippen LogP contribution in [0.15, 0.2) is 17.5 Å². The molecule has 2 rings (SSSR count). The zero-order valence-electron chi connectivity index (χ0n) is 8.66. The molecule has 1 aliphatic rings. The number of thiophene rings is 1. The van der Waals surface area contributed by atoms with Gasteiger partial charge in [0.2, 0.25) is 0 Å². The third-order valence-corrected chi connectivity index (χ3v) is 4.20. The Bertz CT molecular complexity index is 294. The zero-order valence-corrected chi connectivity index (χ0v) is 9.47. The molecule has 1 saturated carbocycles. The van der Waals surface area contributed by atoms with Crippen LogP contribution in [0.3, 0.4) is 0 Å². The number of hydrogen-bond acceptors (Lipinski definition) is 3. The Hall–Kier alpha value is -0.380. The topological polar surface area (TPSA) is 32.3 Å². The molecule has 0 aliphatic heterocycles. The summed E-state index contributed by atoms with van der Waals surface area (Å²) in [6, 6.07) is 4.67. The Morgan fingerprint density at radius 3 is 2.93 bits per heavy atom. The van der Waals surface area contributed by atoms with Crippen LogP contribution in [0.5, 0.6) is 0 Å². The van der Waals surface area contributed by atoms with Crippen LogP contribution in [0, 0.1) is 5.41 Å². The summed E-state index contributed by atoms with van der Waals surface area (Å²) in [5.74, 6) is 0. The second-order valence-electron chi connectivity index (χ2n) is 4.59. The van der Waals surface area contributed by atoms with E-state index in [4.69, 9.17) is 0 Å². The normalized spacial score (nSPS) is 29.9. The molecular formula is C11H17NOS. The van der Waals surface area contributed by atoms with E-state index in [9.17, 15) is 5.11 Å². The predicted octanol–water partition coefficient (Wildman–Crippen LogP) is 2.00. The van der Waals surface area contributed by atoms with E-state index in [1.165, 1.54) is 4.88 Å². The predicted molar refractivity (Wildman–Crippen MR) is 59.4 cm³/mol. The van der Waals surface area contributed by atoms with E-state index in [0.29, 0.717) is 6.04 Å².